The van der Waals surface area contributed by atoms with E-state index >= 15 is 0 Å². The molecule has 1 saturated heterocycles. The van der Waals surface area contributed by atoms with E-state index in [-0.39, 0.29) is 23.2 Å². The molecule has 0 radical (unpaired) electrons. The van der Waals surface area contributed by atoms with Gasteiger partial charge in [0.2, 0.25) is 12.2 Å². The van der Waals surface area contributed by atoms with Crippen LogP contribution in [0.2, 0.25) is 0 Å². The lowest BCUT2D eigenvalue weighted by Crippen LogP contribution is -2.30. The van der Waals surface area contributed by atoms with Gasteiger partial charge in [0.15, 0.2) is 11.6 Å². The van der Waals surface area contributed by atoms with Crippen molar-refractivity contribution in [2.75, 3.05) is 6.61 Å². The van der Waals surface area contributed by atoms with Crippen LogP contribution < -0.4 is 4.74 Å². The average molecular weight is 302 g/mol. The summed E-state index contributed by atoms with van der Waals surface area (Å²) in [6, 6.07) is 2.51. The predicted octanol–water partition coefficient (Wildman–Crippen LogP) is 4.58. The van der Waals surface area contributed by atoms with Gasteiger partial charge in [-0.3, -0.25) is 0 Å². The first-order chi connectivity index (χ1) is 9.80. The van der Waals surface area contributed by atoms with E-state index in [9.17, 15) is 13.2 Å². The zero-order valence-corrected chi connectivity index (χ0v) is 12.8. The second-order valence-electron chi connectivity index (χ2n) is 5.81. The van der Waals surface area contributed by atoms with Gasteiger partial charge in [-0.25, -0.2) is 8.78 Å². The Hall–Kier alpha value is -1.23. The summed E-state index contributed by atoms with van der Waals surface area (Å²) in [6.07, 6.45) is -0.903. The predicted molar refractivity (Wildman–Crippen MR) is 74.1 cm³/mol. The molecule has 1 aliphatic heterocycles. The fraction of sp³-hybridized carbons (Fsp3) is 0.625. The van der Waals surface area contributed by atoms with Crippen molar-refractivity contribution in [2.45, 2.75) is 52.0 Å². The van der Waals surface area contributed by atoms with E-state index in [2.05, 4.69) is 0 Å². The van der Waals surface area contributed by atoms with Crippen LogP contribution in [0.15, 0.2) is 12.1 Å². The fourth-order valence-electron chi connectivity index (χ4n) is 2.89. The molecule has 2 nitrogen and oxygen atoms in total. The SMILES string of the molecule is CC[C@]1(C)OC[C@H](c2ccc(F)c(F)c2OC(C)F)[C@H]1C. The molecule has 1 fully saturated rings. The lowest BCUT2D eigenvalue weighted by molar-refractivity contribution is -0.00444. The maximum atomic E-state index is 14.0. The summed E-state index contributed by atoms with van der Waals surface area (Å²) in [6.45, 7) is 7.54. The minimum Gasteiger partial charge on any atom is -0.457 e. The highest BCUT2D eigenvalue weighted by Crippen LogP contribution is 2.46. The standard InChI is InChI=1S/C16H21F3O2/c1-5-16(4)9(2)12(8-20-16)11-6-7-13(18)14(19)15(11)21-10(3)17/h6-7,9-10,12H,5,8H2,1-4H3/t9-,10?,12+,16+/m1/s1. The van der Waals surface area contributed by atoms with Crippen LogP contribution in [0.25, 0.3) is 0 Å². The maximum Gasteiger partial charge on any atom is 0.236 e. The van der Waals surface area contributed by atoms with E-state index in [1.165, 1.54) is 6.07 Å². The summed E-state index contributed by atoms with van der Waals surface area (Å²) in [5.74, 6) is -2.59. The third-order valence-corrected chi connectivity index (χ3v) is 4.62. The Labute approximate surface area is 123 Å². The topological polar surface area (TPSA) is 18.5 Å². The van der Waals surface area contributed by atoms with Crippen LogP contribution >= 0.6 is 0 Å². The number of benzene rings is 1. The van der Waals surface area contributed by atoms with Gasteiger partial charge in [0.05, 0.1) is 12.2 Å². The van der Waals surface area contributed by atoms with Gasteiger partial charge in [0, 0.05) is 18.4 Å². The molecule has 0 saturated carbocycles. The first-order valence-electron chi connectivity index (χ1n) is 7.22. The van der Waals surface area contributed by atoms with Crippen molar-refractivity contribution < 1.29 is 22.6 Å². The van der Waals surface area contributed by atoms with E-state index in [4.69, 9.17) is 9.47 Å². The lowest BCUT2D eigenvalue weighted by Gasteiger charge is -2.29. The molecule has 0 bridgehead atoms. The van der Waals surface area contributed by atoms with Crippen molar-refractivity contribution in [2.24, 2.45) is 5.92 Å². The molecular weight excluding hydrogens is 281 g/mol. The van der Waals surface area contributed by atoms with Gasteiger partial charge in [-0.15, -0.1) is 0 Å². The Bertz CT molecular complexity index is 518. The molecule has 0 spiro atoms. The van der Waals surface area contributed by atoms with Gasteiger partial charge in [0.25, 0.3) is 0 Å². The van der Waals surface area contributed by atoms with Crippen LogP contribution in [0.4, 0.5) is 13.2 Å². The highest BCUT2D eigenvalue weighted by atomic mass is 19.2. The Kier molecular flexibility index (Phi) is 4.51. The van der Waals surface area contributed by atoms with E-state index in [1.54, 1.807) is 0 Å². The number of rotatable bonds is 4. The normalized spacial score (nSPS) is 30.4. The third-order valence-electron chi connectivity index (χ3n) is 4.62. The Morgan fingerprint density at radius 1 is 1.43 bits per heavy atom. The molecule has 1 heterocycles. The highest BCUT2D eigenvalue weighted by Gasteiger charge is 2.44. The molecular formula is C16H21F3O2. The molecule has 1 aromatic rings. The number of hydrogen-bond donors (Lipinski definition) is 0. The minimum absolute atomic E-state index is 0.0876. The number of alkyl halides is 1. The molecule has 4 atom stereocenters. The molecule has 0 aromatic heterocycles. The van der Waals surface area contributed by atoms with Crippen LogP contribution in [-0.2, 0) is 4.74 Å². The highest BCUT2D eigenvalue weighted by molar-refractivity contribution is 5.40. The molecule has 1 unspecified atom stereocenters. The maximum absolute atomic E-state index is 14.0. The van der Waals surface area contributed by atoms with E-state index < -0.39 is 18.0 Å². The zero-order valence-electron chi connectivity index (χ0n) is 12.8. The van der Waals surface area contributed by atoms with Crippen molar-refractivity contribution in [1.29, 1.82) is 0 Å². The minimum atomic E-state index is -1.71. The molecule has 21 heavy (non-hydrogen) atoms. The van der Waals surface area contributed by atoms with Crippen LogP contribution in [0, 0.1) is 17.6 Å². The zero-order chi connectivity index (χ0) is 15.8. The van der Waals surface area contributed by atoms with Crippen molar-refractivity contribution in [3.05, 3.63) is 29.3 Å². The molecule has 2 rings (SSSR count). The fourth-order valence-corrected chi connectivity index (χ4v) is 2.89. The number of ether oxygens (including phenoxy) is 2. The first-order valence-corrected chi connectivity index (χ1v) is 7.22. The summed E-state index contributed by atoms with van der Waals surface area (Å²) in [4.78, 5) is 0. The second-order valence-corrected chi connectivity index (χ2v) is 5.81. The quantitative estimate of drug-likeness (QED) is 0.810. The molecule has 1 aliphatic rings. The Morgan fingerprint density at radius 3 is 2.62 bits per heavy atom. The molecule has 118 valence electrons. The summed E-state index contributed by atoms with van der Waals surface area (Å²) < 4.78 is 51.2. The van der Waals surface area contributed by atoms with Gasteiger partial charge in [-0.1, -0.05) is 19.9 Å². The lowest BCUT2D eigenvalue weighted by atomic mass is 9.78. The first kappa shape index (κ1) is 16.1. The van der Waals surface area contributed by atoms with Gasteiger partial charge in [-0.05, 0) is 25.3 Å². The summed E-state index contributed by atoms with van der Waals surface area (Å²) in [5, 5.41) is 0. The summed E-state index contributed by atoms with van der Waals surface area (Å²) in [5.41, 5.74) is 0.136. The largest absolute Gasteiger partial charge is 0.457 e. The van der Waals surface area contributed by atoms with Gasteiger partial charge in [0.1, 0.15) is 0 Å². The van der Waals surface area contributed by atoms with Gasteiger partial charge in [-0.2, -0.15) is 4.39 Å². The van der Waals surface area contributed by atoms with Crippen LogP contribution in [0.1, 0.15) is 45.6 Å². The number of hydrogen-bond acceptors (Lipinski definition) is 2. The molecule has 1 aromatic carbocycles. The van der Waals surface area contributed by atoms with E-state index in [0.717, 1.165) is 19.4 Å². The van der Waals surface area contributed by atoms with Crippen molar-refractivity contribution >= 4 is 0 Å². The third kappa shape index (κ3) is 2.89. The van der Waals surface area contributed by atoms with E-state index in [0.29, 0.717) is 12.2 Å². The molecule has 0 aliphatic carbocycles. The number of halogens is 3. The second kappa shape index (κ2) is 5.87. The van der Waals surface area contributed by atoms with Crippen molar-refractivity contribution in [3.63, 3.8) is 0 Å². The van der Waals surface area contributed by atoms with Crippen molar-refractivity contribution in [1.82, 2.24) is 0 Å². The monoisotopic (exact) mass is 302 g/mol. The Morgan fingerprint density at radius 2 is 2.10 bits per heavy atom. The van der Waals surface area contributed by atoms with E-state index in [1.807, 2.05) is 20.8 Å². The smallest absolute Gasteiger partial charge is 0.236 e. The molecule has 0 N–H and O–H groups in total. The van der Waals surface area contributed by atoms with Gasteiger partial charge >= 0.3 is 0 Å². The molecule has 5 heteroatoms. The van der Waals surface area contributed by atoms with Crippen LogP contribution in [0.3, 0.4) is 0 Å². The summed E-state index contributed by atoms with van der Waals surface area (Å²) >= 11 is 0. The van der Waals surface area contributed by atoms with Crippen LogP contribution in [-0.4, -0.2) is 18.6 Å². The van der Waals surface area contributed by atoms with Gasteiger partial charge < -0.3 is 9.47 Å². The molecule has 0 amide bonds. The Balaban J connectivity index is 2.43. The van der Waals surface area contributed by atoms with Crippen molar-refractivity contribution in [3.8, 4) is 5.75 Å². The van der Waals surface area contributed by atoms with Crippen LogP contribution in [0.5, 0.6) is 5.75 Å². The summed E-state index contributed by atoms with van der Waals surface area (Å²) in [7, 11) is 0. The average Bonchev–Trinajstić information content (AvgIpc) is 2.73.